The van der Waals surface area contributed by atoms with Crippen molar-refractivity contribution >= 4 is 0 Å². The molecule has 0 radical (unpaired) electrons. The van der Waals surface area contributed by atoms with Gasteiger partial charge in [-0.25, -0.2) is 0 Å². The Morgan fingerprint density at radius 2 is 2.13 bits per heavy atom. The summed E-state index contributed by atoms with van der Waals surface area (Å²) in [5, 5.41) is 10.7. The van der Waals surface area contributed by atoms with E-state index >= 15 is 0 Å². The van der Waals surface area contributed by atoms with Gasteiger partial charge in [0, 0.05) is 0 Å². The molecule has 0 amide bonds. The first-order chi connectivity index (χ1) is 7.38. The average molecular weight is 205 g/mol. The minimum atomic E-state index is 0.662. The molecule has 78 valence electrons. The lowest BCUT2D eigenvalue weighted by Gasteiger charge is -2.05. The second kappa shape index (κ2) is 4.41. The van der Waals surface area contributed by atoms with Gasteiger partial charge >= 0.3 is 0 Å². The molecule has 0 saturated carbocycles. The Hall–Kier alpha value is -2.11. The third-order valence-corrected chi connectivity index (χ3v) is 1.95. The first-order valence-corrected chi connectivity index (χ1v) is 4.48. The molecule has 1 aromatic heterocycles. The van der Waals surface area contributed by atoms with Crippen molar-refractivity contribution in [2.45, 2.75) is 6.54 Å². The molecular formula is C9H11N5O. The summed E-state index contributed by atoms with van der Waals surface area (Å²) in [7, 11) is 1.65. The van der Waals surface area contributed by atoms with Crippen LogP contribution in [0, 0.1) is 0 Å². The first-order valence-electron chi connectivity index (χ1n) is 4.48. The fraction of sp³-hybridized carbons (Fsp3) is 0.222. The highest BCUT2D eigenvalue weighted by Gasteiger charge is 1.94. The number of aromatic nitrogens is 4. The summed E-state index contributed by atoms with van der Waals surface area (Å²) in [5.41, 5.74) is 4.15. The van der Waals surface area contributed by atoms with Gasteiger partial charge in [0.1, 0.15) is 5.75 Å². The summed E-state index contributed by atoms with van der Waals surface area (Å²) in [4.78, 5) is 1.46. The molecule has 0 fully saturated rings. The standard InChI is InChI=1S/C9H11N5O/c1-15-9-4-2-8(3-5-9)6-11-14-7-10-12-13-14/h2-5,7,11H,6H2,1H3. The van der Waals surface area contributed by atoms with Gasteiger partial charge in [0.2, 0.25) is 0 Å². The second-order valence-corrected chi connectivity index (χ2v) is 2.94. The summed E-state index contributed by atoms with van der Waals surface area (Å²) in [6.07, 6.45) is 1.50. The molecule has 1 heterocycles. The minimum Gasteiger partial charge on any atom is -0.497 e. The fourth-order valence-electron chi connectivity index (χ4n) is 1.15. The smallest absolute Gasteiger partial charge is 0.161 e. The van der Waals surface area contributed by atoms with E-state index in [1.807, 2.05) is 24.3 Å². The Morgan fingerprint density at radius 3 is 2.73 bits per heavy atom. The van der Waals surface area contributed by atoms with Crippen molar-refractivity contribution in [1.29, 1.82) is 0 Å². The van der Waals surface area contributed by atoms with Crippen molar-refractivity contribution in [3.05, 3.63) is 36.2 Å². The van der Waals surface area contributed by atoms with Crippen molar-refractivity contribution in [3.63, 3.8) is 0 Å². The van der Waals surface area contributed by atoms with Gasteiger partial charge in [-0.15, -0.1) is 9.89 Å². The number of tetrazole rings is 1. The largest absolute Gasteiger partial charge is 0.497 e. The van der Waals surface area contributed by atoms with E-state index in [1.165, 1.54) is 11.1 Å². The lowest BCUT2D eigenvalue weighted by atomic mass is 10.2. The number of methoxy groups -OCH3 is 1. The summed E-state index contributed by atoms with van der Waals surface area (Å²) >= 11 is 0. The predicted molar refractivity (Wildman–Crippen MR) is 53.9 cm³/mol. The van der Waals surface area contributed by atoms with E-state index in [9.17, 15) is 0 Å². The highest BCUT2D eigenvalue weighted by atomic mass is 16.5. The maximum Gasteiger partial charge on any atom is 0.161 e. The molecule has 2 rings (SSSR count). The van der Waals surface area contributed by atoms with E-state index in [1.54, 1.807) is 7.11 Å². The maximum absolute atomic E-state index is 5.06. The van der Waals surface area contributed by atoms with Gasteiger partial charge in [0.25, 0.3) is 0 Å². The number of hydrogen-bond donors (Lipinski definition) is 1. The summed E-state index contributed by atoms with van der Waals surface area (Å²) in [5.74, 6) is 0.848. The molecule has 1 aromatic carbocycles. The molecule has 0 bridgehead atoms. The predicted octanol–water partition coefficient (Wildman–Crippen LogP) is 0.425. The molecular weight excluding hydrogens is 194 g/mol. The van der Waals surface area contributed by atoms with E-state index in [4.69, 9.17) is 4.74 Å². The quantitative estimate of drug-likeness (QED) is 0.783. The molecule has 0 atom stereocenters. The van der Waals surface area contributed by atoms with E-state index in [0.29, 0.717) is 6.54 Å². The molecule has 0 saturated heterocycles. The van der Waals surface area contributed by atoms with E-state index < -0.39 is 0 Å². The van der Waals surface area contributed by atoms with Gasteiger partial charge in [0.15, 0.2) is 6.33 Å². The van der Waals surface area contributed by atoms with Crippen LogP contribution in [0.5, 0.6) is 5.75 Å². The van der Waals surface area contributed by atoms with Gasteiger partial charge in [-0.1, -0.05) is 12.1 Å². The summed E-state index contributed by atoms with van der Waals surface area (Å²) in [6, 6.07) is 7.79. The van der Waals surface area contributed by atoms with Crippen LogP contribution in [0.2, 0.25) is 0 Å². The third-order valence-electron chi connectivity index (χ3n) is 1.95. The fourth-order valence-corrected chi connectivity index (χ4v) is 1.15. The van der Waals surface area contributed by atoms with Crippen LogP contribution in [0.25, 0.3) is 0 Å². The Bertz CT molecular complexity index is 397. The Balaban J connectivity index is 1.93. The zero-order chi connectivity index (χ0) is 10.5. The van der Waals surface area contributed by atoms with Crippen molar-refractivity contribution in [2.24, 2.45) is 0 Å². The summed E-state index contributed by atoms with van der Waals surface area (Å²) in [6.45, 7) is 0.662. The lowest BCUT2D eigenvalue weighted by molar-refractivity contribution is 0.414. The molecule has 0 aliphatic rings. The maximum atomic E-state index is 5.06. The molecule has 2 aromatic rings. The summed E-state index contributed by atoms with van der Waals surface area (Å²) < 4.78 is 5.06. The molecule has 15 heavy (non-hydrogen) atoms. The second-order valence-electron chi connectivity index (χ2n) is 2.94. The SMILES string of the molecule is COc1ccc(CNn2cnnn2)cc1. The van der Waals surface area contributed by atoms with Crippen molar-refractivity contribution < 1.29 is 4.74 Å². The van der Waals surface area contributed by atoms with Gasteiger partial charge in [-0.05, 0) is 28.1 Å². The molecule has 1 N–H and O–H groups in total. The Kier molecular flexibility index (Phi) is 2.77. The van der Waals surface area contributed by atoms with Gasteiger partial charge in [0.05, 0.1) is 13.7 Å². The normalized spacial score (nSPS) is 9.93. The van der Waals surface area contributed by atoms with Crippen molar-refractivity contribution in [3.8, 4) is 5.75 Å². The van der Waals surface area contributed by atoms with Gasteiger partial charge < -0.3 is 10.2 Å². The number of benzene rings is 1. The molecule has 0 aliphatic carbocycles. The molecule has 6 nitrogen and oxygen atoms in total. The topological polar surface area (TPSA) is 64.9 Å². The number of nitrogens with zero attached hydrogens (tertiary/aromatic N) is 4. The van der Waals surface area contributed by atoms with Crippen LogP contribution in [0.1, 0.15) is 5.56 Å². The average Bonchev–Trinajstić information content (AvgIpc) is 2.80. The van der Waals surface area contributed by atoms with Crippen LogP contribution in [0.15, 0.2) is 30.6 Å². The third kappa shape index (κ3) is 2.43. The zero-order valence-electron chi connectivity index (χ0n) is 8.29. The van der Waals surface area contributed by atoms with Gasteiger partial charge in [-0.3, -0.25) is 0 Å². The minimum absolute atomic E-state index is 0.662. The molecule has 0 unspecified atom stereocenters. The zero-order valence-corrected chi connectivity index (χ0v) is 8.29. The van der Waals surface area contributed by atoms with Crippen LogP contribution in [0.4, 0.5) is 0 Å². The van der Waals surface area contributed by atoms with E-state index in [0.717, 1.165) is 11.3 Å². The monoisotopic (exact) mass is 205 g/mol. The van der Waals surface area contributed by atoms with Crippen LogP contribution in [-0.2, 0) is 6.54 Å². The highest BCUT2D eigenvalue weighted by molar-refractivity contribution is 5.27. The van der Waals surface area contributed by atoms with E-state index in [2.05, 4.69) is 21.0 Å². The van der Waals surface area contributed by atoms with Crippen LogP contribution in [-0.4, -0.2) is 27.4 Å². The van der Waals surface area contributed by atoms with Crippen LogP contribution < -0.4 is 10.2 Å². The molecule has 0 spiro atoms. The van der Waals surface area contributed by atoms with Crippen molar-refractivity contribution in [2.75, 3.05) is 12.5 Å². The van der Waals surface area contributed by atoms with Crippen LogP contribution in [0.3, 0.4) is 0 Å². The van der Waals surface area contributed by atoms with Crippen LogP contribution >= 0.6 is 0 Å². The number of rotatable bonds is 4. The molecule has 0 aliphatic heterocycles. The molecule has 6 heteroatoms. The number of hydrogen-bond acceptors (Lipinski definition) is 5. The van der Waals surface area contributed by atoms with Gasteiger partial charge in [-0.2, -0.15) is 0 Å². The number of nitrogens with one attached hydrogen (secondary N) is 1. The lowest BCUT2D eigenvalue weighted by Crippen LogP contribution is -2.14. The Morgan fingerprint density at radius 1 is 1.33 bits per heavy atom. The first kappa shape index (κ1) is 9.45. The number of ether oxygens (including phenoxy) is 1. The van der Waals surface area contributed by atoms with Crippen molar-refractivity contribution in [1.82, 2.24) is 20.3 Å². The Labute approximate surface area is 86.8 Å². The highest BCUT2D eigenvalue weighted by Crippen LogP contribution is 2.10. The van der Waals surface area contributed by atoms with E-state index in [-0.39, 0.29) is 0 Å².